The van der Waals surface area contributed by atoms with Gasteiger partial charge in [0.15, 0.2) is 0 Å². The number of carbonyl (C=O) groups excluding carboxylic acids is 4. The third kappa shape index (κ3) is 7.37. The first-order valence-electron chi connectivity index (χ1n) is 15.3. The van der Waals surface area contributed by atoms with Gasteiger partial charge in [-0.1, -0.05) is 66.6 Å². The van der Waals surface area contributed by atoms with Gasteiger partial charge in [-0.05, 0) is 49.9 Å². The molecular formula is C34H36ClN5O6. The highest BCUT2D eigenvalue weighted by Gasteiger charge is 2.52. The van der Waals surface area contributed by atoms with Crippen LogP contribution in [0.5, 0.6) is 0 Å². The van der Waals surface area contributed by atoms with Crippen molar-refractivity contribution in [3.63, 3.8) is 0 Å². The Labute approximate surface area is 271 Å². The van der Waals surface area contributed by atoms with E-state index in [-0.39, 0.29) is 29.8 Å². The molecule has 12 heteroatoms. The van der Waals surface area contributed by atoms with Crippen molar-refractivity contribution in [2.45, 2.75) is 51.1 Å². The Hall–Kier alpha value is -4.77. The largest absolute Gasteiger partial charge is 0.344 e. The summed E-state index contributed by atoms with van der Waals surface area (Å²) in [5, 5.41) is 19.7. The van der Waals surface area contributed by atoms with Crippen molar-refractivity contribution in [3.8, 4) is 0 Å². The molecule has 1 aliphatic carbocycles. The molecule has 0 aromatic heterocycles. The molecule has 0 bridgehead atoms. The smallest absolute Gasteiger partial charge is 0.269 e. The first kappa shape index (κ1) is 32.6. The van der Waals surface area contributed by atoms with Crippen molar-refractivity contribution in [3.05, 3.63) is 105 Å². The molecule has 1 aliphatic heterocycles. The summed E-state index contributed by atoms with van der Waals surface area (Å²) in [5.41, 5.74) is 1.16. The minimum absolute atomic E-state index is 0.0947. The topological polar surface area (TPSA) is 151 Å². The first-order chi connectivity index (χ1) is 22.1. The van der Waals surface area contributed by atoms with Gasteiger partial charge in [0.1, 0.15) is 12.1 Å². The highest BCUT2D eigenvalue weighted by Crippen LogP contribution is 2.50. The fourth-order valence-corrected chi connectivity index (χ4v) is 6.82. The summed E-state index contributed by atoms with van der Waals surface area (Å²) >= 11 is 6.51. The lowest BCUT2D eigenvalue weighted by Crippen LogP contribution is -2.48. The number of nitrogens with one attached hydrogen (secondary N) is 3. The number of halogens is 1. The number of anilines is 1. The second-order valence-corrected chi connectivity index (χ2v) is 12.4. The van der Waals surface area contributed by atoms with E-state index in [2.05, 4.69) is 16.0 Å². The molecule has 4 amide bonds. The molecular weight excluding hydrogens is 610 g/mol. The molecule has 4 atom stereocenters. The van der Waals surface area contributed by atoms with Gasteiger partial charge in [-0.2, -0.15) is 0 Å². The van der Waals surface area contributed by atoms with Gasteiger partial charge in [-0.15, -0.1) is 0 Å². The minimum atomic E-state index is -0.989. The van der Waals surface area contributed by atoms with Gasteiger partial charge in [0.05, 0.1) is 11.3 Å². The monoisotopic (exact) mass is 645 g/mol. The standard InChI is InChI=1S/C34H36ClN5O6/c1-22(31(42)37-24-13-15-25(16-14-24)40(45)46)36-32(43)27-11-7-17-34(27)18-19-39(21-34)33(44)30(26-10-5-6-12-28(26)35)38-29(41)20-23-8-3-2-4-9-23/h2-6,8-10,12-16,22,27,30H,7,11,17-21H2,1H3,(H,36,43)(H,37,42)(H,38,41)/t22-,27?,30+,34?/m0/s1. The number of likely N-dealkylation sites (tertiary alicyclic amines) is 1. The molecule has 3 aromatic carbocycles. The van der Waals surface area contributed by atoms with Crippen molar-refractivity contribution >= 4 is 46.6 Å². The van der Waals surface area contributed by atoms with Crippen LogP contribution < -0.4 is 16.0 Å². The molecule has 240 valence electrons. The zero-order chi connectivity index (χ0) is 32.8. The van der Waals surface area contributed by atoms with Crippen LogP contribution in [0.4, 0.5) is 11.4 Å². The number of carbonyl (C=O) groups is 4. The average molecular weight is 646 g/mol. The molecule has 2 aliphatic rings. The Balaban J connectivity index is 1.25. The van der Waals surface area contributed by atoms with Gasteiger partial charge >= 0.3 is 0 Å². The fourth-order valence-electron chi connectivity index (χ4n) is 6.57. The molecule has 1 saturated carbocycles. The minimum Gasteiger partial charge on any atom is -0.344 e. The number of nitrogens with zero attached hydrogens (tertiary/aromatic N) is 2. The van der Waals surface area contributed by atoms with Crippen LogP contribution in [0.15, 0.2) is 78.9 Å². The Morgan fingerprint density at radius 2 is 1.67 bits per heavy atom. The summed E-state index contributed by atoms with van der Waals surface area (Å²) in [4.78, 5) is 65.6. The molecule has 1 saturated heterocycles. The first-order valence-corrected chi connectivity index (χ1v) is 15.7. The predicted octanol–water partition coefficient (Wildman–Crippen LogP) is 4.81. The molecule has 1 spiro atoms. The van der Waals surface area contributed by atoms with Crippen LogP contribution in [0.1, 0.15) is 49.8 Å². The Morgan fingerprint density at radius 3 is 2.37 bits per heavy atom. The molecule has 1 heterocycles. The molecule has 11 nitrogen and oxygen atoms in total. The number of nitro groups is 1. The van der Waals surface area contributed by atoms with Crippen LogP contribution >= 0.6 is 11.6 Å². The lowest BCUT2D eigenvalue weighted by molar-refractivity contribution is -0.384. The number of benzene rings is 3. The van der Waals surface area contributed by atoms with Crippen LogP contribution in [0.2, 0.25) is 5.02 Å². The number of non-ortho nitro benzene ring substituents is 1. The lowest BCUT2D eigenvalue weighted by atomic mass is 9.76. The van der Waals surface area contributed by atoms with Crippen LogP contribution in [0, 0.1) is 21.4 Å². The van der Waals surface area contributed by atoms with Crippen molar-refractivity contribution in [1.82, 2.24) is 15.5 Å². The van der Waals surface area contributed by atoms with Crippen LogP contribution in [-0.4, -0.2) is 52.6 Å². The van der Waals surface area contributed by atoms with Crippen molar-refractivity contribution in [2.24, 2.45) is 11.3 Å². The van der Waals surface area contributed by atoms with Crippen molar-refractivity contribution in [1.29, 1.82) is 0 Å². The Kier molecular flexibility index (Phi) is 10.0. The van der Waals surface area contributed by atoms with Crippen LogP contribution in [0.3, 0.4) is 0 Å². The SMILES string of the molecule is C[C@H](NC(=O)C1CCCC12CCN(C(=O)[C@H](NC(=O)Cc1ccccc1)c1ccccc1Cl)C2)C(=O)Nc1ccc([N+](=O)[O-])cc1. The van der Waals surface area contributed by atoms with Crippen molar-refractivity contribution < 1.29 is 24.1 Å². The number of amides is 4. The van der Waals surface area contributed by atoms with E-state index in [1.165, 1.54) is 24.3 Å². The van der Waals surface area contributed by atoms with Gasteiger partial charge < -0.3 is 20.9 Å². The molecule has 46 heavy (non-hydrogen) atoms. The molecule has 3 aromatic rings. The highest BCUT2D eigenvalue weighted by atomic mass is 35.5. The van der Waals surface area contributed by atoms with Gasteiger partial charge in [0.2, 0.25) is 23.6 Å². The second kappa shape index (κ2) is 14.1. The van der Waals surface area contributed by atoms with E-state index in [9.17, 15) is 29.3 Å². The van der Waals surface area contributed by atoms with E-state index in [0.29, 0.717) is 42.2 Å². The quantitative estimate of drug-likeness (QED) is 0.213. The number of hydrogen-bond donors (Lipinski definition) is 3. The predicted molar refractivity (Wildman–Crippen MR) is 173 cm³/mol. The summed E-state index contributed by atoms with van der Waals surface area (Å²) in [6, 6.07) is 19.8. The van der Waals surface area contributed by atoms with E-state index >= 15 is 0 Å². The molecule has 3 N–H and O–H groups in total. The van der Waals surface area contributed by atoms with E-state index in [1.807, 2.05) is 30.3 Å². The Morgan fingerprint density at radius 1 is 0.978 bits per heavy atom. The van der Waals surface area contributed by atoms with Crippen LogP contribution in [0.25, 0.3) is 0 Å². The summed E-state index contributed by atoms with van der Waals surface area (Å²) in [7, 11) is 0. The zero-order valence-corrected chi connectivity index (χ0v) is 26.2. The maximum atomic E-state index is 14.1. The third-order valence-electron chi connectivity index (χ3n) is 8.99. The zero-order valence-electron chi connectivity index (χ0n) is 25.4. The summed E-state index contributed by atoms with van der Waals surface area (Å²) in [5.74, 6) is -1.69. The van der Waals surface area contributed by atoms with E-state index in [0.717, 1.165) is 18.4 Å². The van der Waals surface area contributed by atoms with Crippen molar-refractivity contribution in [2.75, 3.05) is 18.4 Å². The maximum Gasteiger partial charge on any atom is 0.269 e. The summed E-state index contributed by atoms with van der Waals surface area (Å²) < 4.78 is 0. The maximum absolute atomic E-state index is 14.1. The van der Waals surface area contributed by atoms with Gasteiger partial charge in [0, 0.05) is 52.8 Å². The number of rotatable bonds is 10. The number of hydrogen-bond acceptors (Lipinski definition) is 6. The highest BCUT2D eigenvalue weighted by molar-refractivity contribution is 6.31. The molecule has 5 rings (SSSR count). The van der Waals surface area contributed by atoms with E-state index < -0.39 is 34.2 Å². The third-order valence-corrected chi connectivity index (χ3v) is 9.34. The number of nitro benzene ring substituents is 1. The fraction of sp³-hybridized carbons (Fsp3) is 0.353. The summed E-state index contributed by atoms with van der Waals surface area (Å²) in [6.45, 7) is 2.36. The molecule has 0 radical (unpaired) electrons. The summed E-state index contributed by atoms with van der Waals surface area (Å²) in [6.07, 6.45) is 2.93. The Bertz CT molecular complexity index is 1620. The van der Waals surface area contributed by atoms with Gasteiger partial charge in [-0.25, -0.2) is 0 Å². The normalized spacial score (nSPS) is 20.1. The second-order valence-electron chi connectivity index (χ2n) is 12.0. The van der Waals surface area contributed by atoms with Gasteiger partial charge in [-0.3, -0.25) is 29.3 Å². The van der Waals surface area contributed by atoms with E-state index in [4.69, 9.17) is 11.6 Å². The van der Waals surface area contributed by atoms with Crippen LogP contribution in [-0.2, 0) is 25.6 Å². The molecule has 2 fully saturated rings. The van der Waals surface area contributed by atoms with E-state index in [1.54, 1.807) is 36.1 Å². The van der Waals surface area contributed by atoms with Gasteiger partial charge in [0.25, 0.3) is 5.69 Å². The average Bonchev–Trinajstić information content (AvgIpc) is 3.67. The molecule has 2 unspecified atom stereocenters. The lowest BCUT2D eigenvalue weighted by Gasteiger charge is -2.32.